The second-order valence-corrected chi connectivity index (χ2v) is 5.63. The molecule has 0 aromatic carbocycles. The van der Waals surface area contributed by atoms with Gasteiger partial charge in [0, 0.05) is 6.54 Å². The van der Waals surface area contributed by atoms with Gasteiger partial charge in [-0.1, -0.05) is 0 Å². The van der Waals surface area contributed by atoms with Crippen molar-refractivity contribution in [3.63, 3.8) is 0 Å². The molecule has 0 N–H and O–H groups in total. The summed E-state index contributed by atoms with van der Waals surface area (Å²) in [7, 11) is 2.26. The Morgan fingerprint density at radius 1 is 1.50 bits per heavy atom. The minimum atomic E-state index is 0.773. The van der Waals surface area contributed by atoms with E-state index in [2.05, 4.69) is 18.2 Å². The van der Waals surface area contributed by atoms with E-state index in [1.54, 1.807) is 0 Å². The first-order chi connectivity index (χ1) is 5.74. The lowest BCUT2D eigenvalue weighted by molar-refractivity contribution is 0.0813. The molecule has 0 unspecified atom stereocenters. The summed E-state index contributed by atoms with van der Waals surface area (Å²) in [5, 5.41) is 0. The Labute approximate surface area is 79.9 Å². The first kappa shape index (κ1) is 8.89. The zero-order valence-corrected chi connectivity index (χ0v) is 8.99. The molecule has 1 nitrogen and oxygen atoms in total. The minimum absolute atomic E-state index is 0.773. The van der Waals surface area contributed by atoms with Gasteiger partial charge in [0.15, 0.2) is 0 Å². The van der Waals surface area contributed by atoms with Crippen molar-refractivity contribution < 1.29 is 0 Å². The molecule has 1 heterocycles. The summed E-state index contributed by atoms with van der Waals surface area (Å²) >= 11 is 2.01. The van der Waals surface area contributed by atoms with Crippen molar-refractivity contribution in [3.05, 3.63) is 0 Å². The summed E-state index contributed by atoms with van der Waals surface area (Å²) in [4.78, 5) is 2.50. The molecule has 2 rings (SSSR count). The van der Waals surface area contributed by atoms with Gasteiger partial charge >= 0.3 is 0 Å². The van der Waals surface area contributed by atoms with Crippen LogP contribution in [0.4, 0.5) is 0 Å². The van der Waals surface area contributed by atoms with Gasteiger partial charge in [-0.25, -0.2) is 0 Å². The normalized spacial score (nSPS) is 42.0. The quantitative estimate of drug-likeness (QED) is 0.648. The van der Waals surface area contributed by atoms with E-state index in [0.29, 0.717) is 0 Å². The van der Waals surface area contributed by atoms with Crippen LogP contribution in [-0.4, -0.2) is 37.0 Å². The highest BCUT2D eigenvalue weighted by atomic mass is 32.2. The summed E-state index contributed by atoms with van der Waals surface area (Å²) in [6, 6.07) is 0. The van der Waals surface area contributed by atoms with Gasteiger partial charge < -0.3 is 4.90 Å². The second-order valence-electron chi connectivity index (χ2n) is 4.72. The average Bonchev–Trinajstić information content (AvgIpc) is 2.31. The fraction of sp³-hybridized carbons (Fsp3) is 1.00. The van der Waals surface area contributed by atoms with Crippen molar-refractivity contribution in [2.45, 2.75) is 19.3 Å². The van der Waals surface area contributed by atoms with Gasteiger partial charge in [-0.3, -0.25) is 0 Å². The maximum Gasteiger partial charge on any atom is 0.00356 e. The summed E-state index contributed by atoms with van der Waals surface area (Å²) < 4.78 is 0. The highest BCUT2D eigenvalue weighted by Crippen LogP contribution is 2.51. The van der Waals surface area contributed by atoms with E-state index in [1.165, 1.54) is 38.1 Å². The van der Waals surface area contributed by atoms with Crippen molar-refractivity contribution in [2.75, 3.05) is 32.1 Å². The van der Waals surface area contributed by atoms with Gasteiger partial charge in [-0.15, -0.1) is 0 Å². The molecular formula is C10H19NS. The SMILES string of the molecule is CSCC1CC2(CCN(C)C2)C1. The molecule has 1 spiro atoms. The number of likely N-dealkylation sites (tertiary alicyclic amines) is 1. The Morgan fingerprint density at radius 2 is 2.25 bits per heavy atom. The highest BCUT2D eigenvalue weighted by molar-refractivity contribution is 7.98. The number of hydrogen-bond donors (Lipinski definition) is 0. The predicted molar refractivity (Wildman–Crippen MR) is 55.7 cm³/mol. The first-order valence-corrected chi connectivity index (χ1v) is 6.31. The molecule has 1 aliphatic carbocycles. The molecule has 1 saturated heterocycles. The van der Waals surface area contributed by atoms with Crippen LogP contribution < -0.4 is 0 Å². The molecule has 0 atom stereocenters. The van der Waals surface area contributed by atoms with E-state index in [0.717, 1.165) is 11.3 Å². The molecule has 1 saturated carbocycles. The molecule has 0 amide bonds. The number of rotatable bonds is 2. The van der Waals surface area contributed by atoms with Crippen molar-refractivity contribution in [1.82, 2.24) is 4.90 Å². The lowest BCUT2D eigenvalue weighted by atomic mass is 9.62. The van der Waals surface area contributed by atoms with E-state index >= 15 is 0 Å². The van der Waals surface area contributed by atoms with Crippen LogP contribution in [0.1, 0.15) is 19.3 Å². The van der Waals surface area contributed by atoms with Crippen LogP contribution in [0.25, 0.3) is 0 Å². The smallest absolute Gasteiger partial charge is 0.00356 e. The fourth-order valence-electron chi connectivity index (χ4n) is 3.01. The molecule has 0 aromatic rings. The minimum Gasteiger partial charge on any atom is -0.306 e. The maximum absolute atomic E-state index is 2.50. The Hall–Kier alpha value is 0.310. The van der Waals surface area contributed by atoms with E-state index in [1.807, 2.05) is 11.8 Å². The molecule has 1 aliphatic heterocycles. The van der Waals surface area contributed by atoms with Crippen LogP contribution >= 0.6 is 11.8 Å². The molecule has 0 bridgehead atoms. The topological polar surface area (TPSA) is 3.24 Å². The average molecular weight is 185 g/mol. The Morgan fingerprint density at radius 3 is 2.75 bits per heavy atom. The third-order valence-electron chi connectivity index (χ3n) is 3.47. The standard InChI is InChI=1S/C10H19NS/c1-11-4-3-10(8-11)5-9(6-10)7-12-2/h9H,3-8H2,1-2H3. The van der Waals surface area contributed by atoms with Crippen LogP contribution in [0.2, 0.25) is 0 Å². The van der Waals surface area contributed by atoms with Gasteiger partial charge in [0.25, 0.3) is 0 Å². The zero-order valence-electron chi connectivity index (χ0n) is 8.18. The van der Waals surface area contributed by atoms with E-state index in [9.17, 15) is 0 Å². The molecule has 12 heavy (non-hydrogen) atoms. The third kappa shape index (κ3) is 1.51. The molecule has 2 aliphatic rings. The largest absolute Gasteiger partial charge is 0.306 e. The summed E-state index contributed by atoms with van der Waals surface area (Å²) in [6.07, 6.45) is 6.72. The van der Waals surface area contributed by atoms with E-state index in [4.69, 9.17) is 0 Å². The van der Waals surface area contributed by atoms with Crippen LogP contribution in [0.5, 0.6) is 0 Å². The zero-order chi connectivity index (χ0) is 8.60. The molecule has 2 fully saturated rings. The predicted octanol–water partition coefficient (Wildman–Crippen LogP) is 2.08. The summed E-state index contributed by atoms with van der Waals surface area (Å²) in [5.41, 5.74) is 0.773. The second kappa shape index (κ2) is 3.22. The lowest BCUT2D eigenvalue weighted by Crippen LogP contribution is -2.40. The molecule has 2 heteroatoms. The van der Waals surface area contributed by atoms with Crippen molar-refractivity contribution >= 4 is 11.8 Å². The van der Waals surface area contributed by atoms with Gasteiger partial charge in [0.05, 0.1) is 0 Å². The van der Waals surface area contributed by atoms with Gasteiger partial charge in [-0.05, 0) is 56.2 Å². The molecule has 70 valence electrons. The van der Waals surface area contributed by atoms with Crippen LogP contribution in [-0.2, 0) is 0 Å². The van der Waals surface area contributed by atoms with Crippen LogP contribution in [0.3, 0.4) is 0 Å². The molecule has 0 radical (unpaired) electrons. The molecule has 0 aromatic heterocycles. The number of hydrogen-bond acceptors (Lipinski definition) is 2. The highest BCUT2D eigenvalue weighted by Gasteiger charge is 2.46. The first-order valence-electron chi connectivity index (χ1n) is 4.92. The monoisotopic (exact) mass is 185 g/mol. The number of nitrogens with zero attached hydrogens (tertiary/aromatic N) is 1. The Kier molecular flexibility index (Phi) is 2.39. The van der Waals surface area contributed by atoms with Crippen LogP contribution in [0.15, 0.2) is 0 Å². The molecular weight excluding hydrogens is 166 g/mol. The Bertz CT molecular complexity index is 163. The van der Waals surface area contributed by atoms with Gasteiger partial charge in [0.1, 0.15) is 0 Å². The maximum atomic E-state index is 2.50. The van der Waals surface area contributed by atoms with Gasteiger partial charge in [0.2, 0.25) is 0 Å². The van der Waals surface area contributed by atoms with Gasteiger partial charge in [-0.2, -0.15) is 11.8 Å². The lowest BCUT2D eigenvalue weighted by Gasteiger charge is -2.45. The van der Waals surface area contributed by atoms with Crippen molar-refractivity contribution in [2.24, 2.45) is 11.3 Å². The van der Waals surface area contributed by atoms with Crippen molar-refractivity contribution in [1.29, 1.82) is 0 Å². The van der Waals surface area contributed by atoms with Crippen LogP contribution in [0, 0.1) is 11.3 Å². The number of thioether (sulfide) groups is 1. The van der Waals surface area contributed by atoms with E-state index in [-0.39, 0.29) is 0 Å². The summed E-state index contributed by atoms with van der Waals surface area (Å²) in [6.45, 7) is 2.71. The Balaban J connectivity index is 1.79. The third-order valence-corrected chi connectivity index (χ3v) is 4.28. The fourth-order valence-corrected chi connectivity index (χ4v) is 3.72. The van der Waals surface area contributed by atoms with E-state index < -0.39 is 0 Å². The van der Waals surface area contributed by atoms with Crippen molar-refractivity contribution in [3.8, 4) is 0 Å². The summed E-state index contributed by atoms with van der Waals surface area (Å²) in [5.74, 6) is 2.44.